The number of hydrogen-bond donors (Lipinski definition) is 8. The van der Waals surface area contributed by atoms with Crippen LogP contribution in [0.25, 0.3) is 0 Å². The Bertz CT molecular complexity index is 4960. The first-order chi connectivity index (χ1) is 71.0. The molecule has 0 spiro atoms. The van der Waals surface area contributed by atoms with Gasteiger partial charge in [0.1, 0.15) is 33.0 Å². The quantitative estimate of drug-likeness (QED) is 0.0170. The number of carbonyl (C=O) groups is 14. The van der Waals surface area contributed by atoms with E-state index in [1.807, 2.05) is 12.1 Å². The molecule has 1 aliphatic heterocycles. The van der Waals surface area contributed by atoms with Gasteiger partial charge in [-0.2, -0.15) is 0 Å². The minimum atomic E-state index is -1.19. The number of aliphatic hydroxyl groups is 2. The second-order valence-electron chi connectivity index (χ2n) is 50.5. The predicted molar refractivity (Wildman–Crippen MR) is 556 cm³/mol. The predicted octanol–water partition coefficient (Wildman–Crippen LogP) is 20.5. The van der Waals surface area contributed by atoms with Crippen molar-refractivity contribution >= 4 is 83.6 Å². The number of rotatable bonds is 28. The van der Waals surface area contributed by atoms with Gasteiger partial charge in [-0.1, -0.05) is 149 Å². The van der Waals surface area contributed by atoms with E-state index in [-0.39, 0.29) is 153 Å². The van der Waals surface area contributed by atoms with Crippen molar-refractivity contribution < 1.29 is 141 Å². The summed E-state index contributed by atoms with van der Waals surface area (Å²) in [7, 11) is 0. The van der Waals surface area contributed by atoms with Crippen molar-refractivity contribution in [2.45, 2.75) is 291 Å². The Morgan fingerprint density at radius 2 is 0.633 bits per heavy atom. The molecule has 0 aromatic heterocycles. The van der Waals surface area contributed by atoms with Crippen molar-refractivity contribution in [1.29, 1.82) is 0 Å². The van der Waals surface area contributed by atoms with Crippen LogP contribution in [0.1, 0.15) is 321 Å². The summed E-state index contributed by atoms with van der Waals surface area (Å²) in [6.45, 7) is 41.8. The molecule has 0 radical (unpaired) electrons. The SMILES string of the molecule is CC1C(C)C2CC1C1C(=O)OC(=O)C21.CC1C2CC(C(=O)O)C(C2)C1C.CC1C2CC(C(=O)OCCC(=O)O)C(C2)C1C.CC1C2CC(C(=O)OCCCCCC(=O)O)C(C2)C1C.CC1C2CC(C(=O)OCCOC(=O)CCC(=O)O)C(C2)C1C.CC1C2CC(C(=O)OCCOC(=O)c3ccccc3C(=O)O)C(C2)C1C.CC1C2CC(CO)C(C2)C1C.CC1C2CC(O)C(C2)C1C.CC1C2CC(c3ccc(C(=O)O)cc3)C(C2)C1C. The van der Waals surface area contributed by atoms with Gasteiger partial charge in [0.15, 0.2) is 0 Å². The topological polar surface area (TPSA) is 465 Å². The number of carbonyl (C=O) groups excluding carboxylic acids is 8. The van der Waals surface area contributed by atoms with Crippen LogP contribution in [0.3, 0.4) is 0 Å². The number of aliphatic hydroxyl groups excluding tert-OH is 2. The third-order valence-corrected chi connectivity index (χ3v) is 44.3. The largest absolute Gasteiger partial charge is 0.481 e. The van der Waals surface area contributed by atoms with E-state index in [4.69, 9.17) is 68.9 Å². The maximum atomic E-state index is 12.3. The van der Waals surface area contributed by atoms with Crippen LogP contribution in [-0.2, 0) is 85.9 Å². The summed E-state index contributed by atoms with van der Waals surface area (Å²) in [6, 6.07) is 13.4. The van der Waals surface area contributed by atoms with E-state index in [1.54, 1.807) is 24.3 Å². The van der Waals surface area contributed by atoms with Gasteiger partial charge in [0.05, 0.1) is 90.1 Å². The number of hydrogen-bond acceptors (Lipinski definition) is 23. The van der Waals surface area contributed by atoms with Gasteiger partial charge in [-0.15, -0.1) is 0 Å². The molecular weight excluding hydrogens is 1920 g/mol. The highest BCUT2D eigenvalue weighted by Gasteiger charge is 2.65. The lowest BCUT2D eigenvalue weighted by Crippen LogP contribution is -2.34. The number of carboxylic acid groups (broad SMARTS) is 6. The summed E-state index contributed by atoms with van der Waals surface area (Å²) in [5.74, 6) is 17.5. The molecule has 2 aromatic carbocycles. The van der Waals surface area contributed by atoms with E-state index in [9.17, 15) is 72.2 Å². The number of cyclic esters (lactones) is 2. The van der Waals surface area contributed by atoms with Gasteiger partial charge in [0.2, 0.25) is 0 Å². The highest BCUT2D eigenvalue weighted by molar-refractivity contribution is 6.02. The number of ether oxygens (including phenoxy) is 7. The van der Waals surface area contributed by atoms with Gasteiger partial charge < -0.3 is 74.0 Å². The highest BCUT2D eigenvalue weighted by atomic mass is 16.6. The number of aromatic carboxylic acids is 2. The molecule has 46 unspecified atom stereocenters. The molecule has 46 atom stereocenters. The van der Waals surface area contributed by atoms with E-state index < -0.39 is 47.8 Å². The van der Waals surface area contributed by atoms with Crippen LogP contribution in [0, 0.1) is 260 Å². The molecule has 8 N–H and O–H groups in total. The summed E-state index contributed by atoms with van der Waals surface area (Å²) < 4.78 is 35.5. The molecule has 0 amide bonds. The normalized spacial score (nSPS) is 40.9. The van der Waals surface area contributed by atoms with Crippen molar-refractivity contribution in [1.82, 2.24) is 0 Å². The first kappa shape index (κ1) is 118. The molecule has 19 aliphatic rings. The second-order valence-corrected chi connectivity index (χ2v) is 50.5. The van der Waals surface area contributed by atoms with Crippen molar-refractivity contribution in [2.24, 2.45) is 260 Å². The molecule has 19 fully saturated rings. The van der Waals surface area contributed by atoms with Crippen LogP contribution in [0.15, 0.2) is 48.5 Å². The van der Waals surface area contributed by atoms with Crippen molar-refractivity contribution in [3.8, 4) is 0 Å². The standard InChI is InChI=1S/C20H24O6.C16H24O6.C16H26O4.C16H20O2.C13H20O4.C11H14O3.C10H16O2.C10H18O.C9H16O/c1-11-12(2)16-9-13(11)10-17(16)20(24)26-8-7-25-19(23)15-6-4-3-5-14(15)18(21)22;1-9-10(2)12-7-11(9)8-13(12)16(20)22-6-5-21-15(19)4-3-14(17)18;1-10-11(2)13-8-12(10)9-14(13)16(19)20-7-5-3-4-6-15(17)18;1-9-10(2)14-7-13(9)8-15(14)11-3-5-12(6-4-11)16(17)18;1-7-8(2)10-5-9(7)6-11(10)13(16)17-4-3-12(14)15;1-4-5(2)7-3-6(4)8-9(7)11(13)14-10(8)12;1-5-6(2)8-3-7(5)4-9(8)10(11)12;1-6-7(2)10-4-8(6)3-9(10)5-11;1-5-6(2)8-3-7(5)4-9(8)10/h3-6,11-13,16-17H,7-10H2,1-2H3,(H,21,22);9-13H,3-8H2,1-2H3,(H,17,18);10-14H,3-9H2,1-2H3,(H,17,18);3-6,9-10,13-15H,7-8H2,1-2H3,(H,17,18);7-11H,3-6H2,1-2H3,(H,14,15);4-9H,3H2,1-2H3;5-9H,3-4H2,1-2H3,(H,11,12);6-11H,3-5H2,1-2H3;5-10H,3-4H2,1-2H3. The zero-order chi connectivity index (χ0) is 109. The molecule has 29 heteroatoms. The third kappa shape index (κ3) is 26.6. The van der Waals surface area contributed by atoms with Crippen LogP contribution in [-0.4, -0.2) is 177 Å². The fourth-order valence-electron chi connectivity index (χ4n) is 33.5. The molecule has 150 heavy (non-hydrogen) atoms. The third-order valence-electron chi connectivity index (χ3n) is 44.3. The van der Waals surface area contributed by atoms with Crippen molar-refractivity contribution in [3.05, 3.63) is 70.8 Å². The Hall–Kier alpha value is -8.86. The summed E-state index contributed by atoms with van der Waals surface area (Å²) in [6.07, 6.45) is 21.2. The molecule has 29 nitrogen and oxygen atoms in total. The zero-order valence-electron chi connectivity index (χ0n) is 92.2. The molecule has 21 rings (SSSR count). The van der Waals surface area contributed by atoms with Crippen LogP contribution in [0.4, 0.5) is 0 Å². The number of aliphatic carboxylic acids is 4. The Morgan fingerprint density at radius 3 is 0.993 bits per heavy atom. The Morgan fingerprint density at radius 1 is 0.293 bits per heavy atom. The van der Waals surface area contributed by atoms with Crippen LogP contribution in [0.5, 0.6) is 0 Å². The molecule has 1 saturated heterocycles. The minimum absolute atomic E-state index is 0.00594. The number of carboxylic acids is 6. The molecule has 18 bridgehead atoms. The van der Waals surface area contributed by atoms with E-state index in [2.05, 4.69) is 125 Å². The number of esters is 8. The van der Waals surface area contributed by atoms with Gasteiger partial charge in [0, 0.05) is 13.0 Å². The van der Waals surface area contributed by atoms with Gasteiger partial charge in [-0.3, -0.25) is 52.7 Å². The maximum Gasteiger partial charge on any atom is 0.339 e. The zero-order valence-corrected chi connectivity index (χ0v) is 92.2. The number of unbranched alkanes of at least 4 members (excludes halogenated alkanes) is 2. The molecule has 836 valence electrons. The van der Waals surface area contributed by atoms with Crippen molar-refractivity contribution in [2.75, 3.05) is 46.2 Å². The summed E-state index contributed by atoms with van der Waals surface area (Å²) in [4.78, 5) is 158. The van der Waals surface area contributed by atoms with E-state index >= 15 is 0 Å². The van der Waals surface area contributed by atoms with Crippen LogP contribution >= 0.6 is 0 Å². The highest BCUT2D eigenvalue weighted by Crippen LogP contribution is 2.65. The Kier molecular flexibility index (Phi) is 40.7. The average molecular weight is 2100 g/mol. The van der Waals surface area contributed by atoms with Crippen LogP contribution < -0.4 is 0 Å². The molecule has 18 saturated carbocycles. The number of benzene rings is 2. The molecule has 1 heterocycles. The average Bonchev–Trinajstić information content (AvgIpc) is 1.54. The monoisotopic (exact) mass is 2100 g/mol. The first-order valence-corrected chi connectivity index (χ1v) is 57.6. The van der Waals surface area contributed by atoms with Gasteiger partial charge in [-0.05, 0) is 383 Å². The smallest absolute Gasteiger partial charge is 0.339 e. The summed E-state index contributed by atoms with van der Waals surface area (Å²) >= 11 is 0. The lowest BCUT2D eigenvalue weighted by Gasteiger charge is -2.32. The van der Waals surface area contributed by atoms with Gasteiger partial charge >= 0.3 is 83.6 Å². The van der Waals surface area contributed by atoms with Crippen LogP contribution in [0.2, 0.25) is 0 Å². The maximum absolute atomic E-state index is 12.3. The van der Waals surface area contributed by atoms with Gasteiger partial charge in [-0.25, -0.2) is 14.4 Å². The van der Waals surface area contributed by atoms with Crippen molar-refractivity contribution in [3.63, 3.8) is 0 Å². The fourth-order valence-corrected chi connectivity index (χ4v) is 33.5. The lowest BCUT2D eigenvalue weighted by molar-refractivity contribution is -0.157. The molecule has 18 aliphatic carbocycles. The van der Waals surface area contributed by atoms with E-state index in [0.717, 1.165) is 154 Å². The first-order valence-electron chi connectivity index (χ1n) is 57.6. The van der Waals surface area contributed by atoms with E-state index in [0.29, 0.717) is 173 Å². The Balaban J connectivity index is 0.000000142. The molecular formula is C121H178O29. The summed E-state index contributed by atoms with van der Waals surface area (Å²) in [5.41, 5.74) is 1.61. The molecule has 2 aromatic rings. The van der Waals surface area contributed by atoms with E-state index in [1.165, 1.54) is 62.6 Å². The summed E-state index contributed by atoms with van der Waals surface area (Å²) in [5, 5.41) is 71.0. The second kappa shape index (κ2) is 51.7. The minimum Gasteiger partial charge on any atom is -0.481 e. The Labute approximate surface area is 888 Å². The van der Waals surface area contributed by atoms with Gasteiger partial charge in [0.25, 0.3) is 0 Å². The number of fused-ring (bicyclic) bond motifs is 21. The lowest BCUT2D eigenvalue weighted by atomic mass is 9.70. The fraction of sp³-hybridized carbons (Fsp3) is 0.785.